The molecule has 0 radical (unpaired) electrons. The van der Waals surface area contributed by atoms with Crippen LogP contribution in [0.5, 0.6) is 0 Å². The Hall–Kier alpha value is -2.15. The molecule has 1 aliphatic rings. The summed E-state index contributed by atoms with van der Waals surface area (Å²) in [4.78, 5) is 19.4. The standard InChI is InChI=1S/C22H20Cl2FN3OS/c23-18-9-8-17(13-19(18)24)26-22-28(12-2-11-27-10-1-3-21(27)29)20(14-30-22)15-4-6-16(25)7-5-15/h4-9,13-14H,1-3,10-12H2. The summed E-state index contributed by atoms with van der Waals surface area (Å²) in [7, 11) is 0. The van der Waals surface area contributed by atoms with E-state index in [-0.39, 0.29) is 11.7 Å². The molecule has 0 N–H and O–H groups in total. The summed E-state index contributed by atoms with van der Waals surface area (Å²) in [6, 6.07) is 11.7. The first-order valence-electron chi connectivity index (χ1n) is 9.73. The number of thiazole rings is 1. The predicted molar refractivity (Wildman–Crippen MR) is 120 cm³/mol. The third-order valence-electron chi connectivity index (χ3n) is 5.05. The summed E-state index contributed by atoms with van der Waals surface area (Å²) in [5, 5.41) is 2.95. The van der Waals surface area contributed by atoms with E-state index in [9.17, 15) is 9.18 Å². The van der Waals surface area contributed by atoms with Gasteiger partial charge in [-0.05, 0) is 60.9 Å². The minimum atomic E-state index is -0.270. The van der Waals surface area contributed by atoms with E-state index in [0.717, 1.165) is 42.0 Å². The van der Waals surface area contributed by atoms with Crippen LogP contribution in [0.15, 0.2) is 52.8 Å². The highest BCUT2D eigenvalue weighted by molar-refractivity contribution is 7.07. The van der Waals surface area contributed by atoms with Crippen molar-refractivity contribution in [2.24, 2.45) is 4.99 Å². The van der Waals surface area contributed by atoms with Gasteiger partial charge in [0.2, 0.25) is 5.91 Å². The lowest BCUT2D eigenvalue weighted by atomic mass is 10.1. The molecule has 0 spiro atoms. The van der Waals surface area contributed by atoms with Gasteiger partial charge in [0.05, 0.1) is 21.4 Å². The Balaban J connectivity index is 1.66. The van der Waals surface area contributed by atoms with E-state index in [2.05, 4.69) is 4.57 Å². The van der Waals surface area contributed by atoms with Crippen LogP contribution < -0.4 is 4.80 Å². The number of hydrogen-bond donors (Lipinski definition) is 0. The number of rotatable bonds is 6. The minimum absolute atomic E-state index is 0.227. The van der Waals surface area contributed by atoms with Crippen LogP contribution in [0.4, 0.5) is 10.1 Å². The molecule has 1 aromatic heterocycles. The molecule has 0 saturated carbocycles. The molecular weight excluding hydrogens is 444 g/mol. The lowest BCUT2D eigenvalue weighted by Crippen LogP contribution is -2.27. The number of hydrogen-bond acceptors (Lipinski definition) is 3. The quantitative estimate of drug-likeness (QED) is 0.447. The zero-order valence-electron chi connectivity index (χ0n) is 16.2. The van der Waals surface area contributed by atoms with Gasteiger partial charge >= 0.3 is 0 Å². The first-order chi connectivity index (χ1) is 14.5. The SMILES string of the molecule is O=C1CCCN1CCCn1c(-c2ccc(F)cc2)csc1=Nc1ccc(Cl)c(Cl)c1. The van der Waals surface area contributed by atoms with Crippen molar-refractivity contribution < 1.29 is 9.18 Å². The van der Waals surface area contributed by atoms with E-state index in [4.69, 9.17) is 28.2 Å². The normalized spacial score (nSPS) is 14.7. The number of amides is 1. The number of carbonyl (C=O) groups is 1. The molecule has 0 atom stereocenters. The van der Waals surface area contributed by atoms with Gasteiger partial charge in [-0.2, -0.15) is 0 Å². The first kappa shape index (κ1) is 21.1. The maximum Gasteiger partial charge on any atom is 0.222 e. The second-order valence-corrected chi connectivity index (χ2v) is 8.76. The van der Waals surface area contributed by atoms with Crippen molar-refractivity contribution in [2.45, 2.75) is 25.8 Å². The maximum absolute atomic E-state index is 13.4. The number of nitrogens with zero attached hydrogens (tertiary/aromatic N) is 3. The Bertz CT molecular complexity index is 1120. The third-order valence-corrected chi connectivity index (χ3v) is 6.65. The highest BCUT2D eigenvalue weighted by Crippen LogP contribution is 2.27. The van der Waals surface area contributed by atoms with Crippen molar-refractivity contribution in [3.63, 3.8) is 0 Å². The Kier molecular flexibility index (Phi) is 6.56. The lowest BCUT2D eigenvalue weighted by molar-refractivity contribution is -0.127. The smallest absolute Gasteiger partial charge is 0.222 e. The van der Waals surface area contributed by atoms with Crippen molar-refractivity contribution in [1.29, 1.82) is 0 Å². The zero-order chi connectivity index (χ0) is 21.1. The van der Waals surface area contributed by atoms with Crippen LogP contribution in [-0.2, 0) is 11.3 Å². The van der Waals surface area contributed by atoms with Crippen molar-refractivity contribution >= 4 is 46.1 Å². The van der Waals surface area contributed by atoms with Crippen LogP contribution in [0.25, 0.3) is 11.3 Å². The van der Waals surface area contributed by atoms with Gasteiger partial charge in [0.15, 0.2) is 4.80 Å². The molecule has 2 heterocycles. The van der Waals surface area contributed by atoms with Crippen LogP contribution in [-0.4, -0.2) is 28.5 Å². The Morgan fingerprint density at radius 1 is 1.07 bits per heavy atom. The van der Waals surface area contributed by atoms with Gasteiger partial charge in [0.25, 0.3) is 0 Å². The monoisotopic (exact) mass is 463 g/mol. The molecule has 0 unspecified atom stereocenters. The average molecular weight is 464 g/mol. The molecular formula is C22H20Cl2FN3OS. The molecule has 8 heteroatoms. The maximum atomic E-state index is 13.4. The average Bonchev–Trinajstić information content (AvgIpc) is 3.32. The van der Waals surface area contributed by atoms with E-state index < -0.39 is 0 Å². The van der Waals surface area contributed by atoms with Crippen LogP contribution in [0.2, 0.25) is 10.0 Å². The minimum Gasteiger partial charge on any atom is -0.343 e. The van der Waals surface area contributed by atoms with Crippen molar-refractivity contribution in [2.75, 3.05) is 13.1 Å². The van der Waals surface area contributed by atoms with Crippen LogP contribution >= 0.6 is 34.5 Å². The molecule has 4 nitrogen and oxygen atoms in total. The topological polar surface area (TPSA) is 37.6 Å². The van der Waals surface area contributed by atoms with Crippen molar-refractivity contribution in [3.8, 4) is 11.3 Å². The largest absolute Gasteiger partial charge is 0.343 e. The first-order valence-corrected chi connectivity index (χ1v) is 11.4. The van der Waals surface area contributed by atoms with Gasteiger partial charge in [-0.15, -0.1) is 11.3 Å². The highest BCUT2D eigenvalue weighted by Gasteiger charge is 2.19. The zero-order valence-corrected chi connectivity index (χ0v) is 18.5. The fourth-order valence-electron chi connectivity index (χ4n) is 3.51. The highest BCUT2D eigenvalue weighted by atomic mass is 35.5. The second kappa shape index (κ2) is 9.33. The molecule has 30 heavy (non-hydrogen) atoms. The van der Waals surface area contributed by atoms with E-state index in [0.29, 0.717) is 28.7 Å². The Morgan fingerprint density at radius 3 is 2.57 bits per heavy atom. The summed E-state index contributed by atoms with van der Waals surface area (Å²) in [6.45, 7) is 2.25. The van der Waals surface area contributed by atoms with E-state index in [1.54, 1.807) is 24.3 Å². The van der Waals surface area contributed by atoms with Gasteiger partial charge in [-0.1, -0.05) is 23.2 Å². The molecule has 1 amide bonds. The third kappa shape index (κ3) is 4.77. The molecule has 1 fully saturated rings. The molecule has 1 aliphatic heterocycles. The van der Waals surface area contributed by atoms with Crippen LogP contribution in [0.1, 0.15) is 19.3 Å². The number of likely N-dealkylation sites (tertiary alicyclic amines) is 1. The molecule has 1 saturated heterocycles. The number of carbonyl (C=O) groups excluding carboxylic acids is 1. The van der Waals surface area contributed by atoms with Crippen LogP contribution in [0, 0.1) is 5.82 Å². The van der Waals surface area contributed by atoms with Gasteiger partial charge in [0, 0.05) is 31.4 Å². The van der Waals surface area contributed by atoms with Crippen molar-refractivity contribution in [1.82, 2.24) is 9.47 Å². The van der Waals surface area contributed by atoms with Gasteiger partial charge < -0.3 is 9.47 Å². The summed E-state index contributed by atoms with van der Waals surface area (Å²) in [5.74, 6) is -0.0430. The number of benzene rings is 2. The van der Waals surface area contributed by atoms with Crippen molar-refractivity contribution in [3.05, 3.63) is 68.5 Å². The summed E-state index contributed by atoms with van der Waals surface area (Å²) in [5.41, 5.74) is 2.59. The van der Waals surface area contributed by atoms with Crippen LogP contribution in [0.3, 0.4) is 0 Å². The predicted octanol–water partition coefficient (Wildman–Crippen LogP) is 5.91. The molecule has 3 aromatic rings. The fourth-order valence-corrected chi connectivity index (χ4v) is 4.76. The summed E-state index contributed by atoms with van der Waals surface area (Å²) in [6.07, 6.45) is 2.39. The van der Waals surface area contributed by atoms with Gasteiger partial charge in [0.1, 0.15) is 5.82 Å². The van der Waals surface area contributed by atoms with E-state index in [1.165, 1.54) is 23.5 Å². The number of aromatic nitrogens is 1. The van der Waals surface area contributed by atoms with E-state index in [1.807, 2.05) is 16.3 Å². The fraction of sp³-hybridized carbons (Fsp3) is 0.273. The Labute approximate surface area is 188 Å². The lowest BCUT2D eigenvalue weighted by Gasteiger charge is -2.16. The van der Waals surface area contributed by atoms with E-state index >= 15 is 0 Å². The summed E-state index contributed by atoms with van der Waals surface area (Å²) < 4.78 is 15.5. The van der Waals surface area contributed by atoms with Gasteiger partial charge in [-0.3, -0.25) is 4.79 Å². The number of halogens is 3. The molecule has 2 aromatic carbocycles. The molecule has 4 rings (SSSR count). The molecule has 0 aliphatic carbocycles. The molecule has 0 bridgehead atoms. The van der Waals surface area contributed by atoms with Gasteiger partial charge in [-0.25, -0.2) is 9.38 Å². The summed E-state index contributed by atoms with van der Waals surface area (Å²) >= 11 is 13.7. The Morgan fingerprint density at radius 2 is 1.87 bits per heavy atom. The molecule has 156 valence electrons. The second-order valence-electron chi connectivity index (χ2n) is 7.11.